The fourth-order valence-corrected chi connectivity index (χ4v) is 2.87. The predicted molar refractivity (Wildman–Crippen MR) is 94.0 cm³/mol. The highest BCUT2D eigenvalue weighted by Crippen LogP contribution is 2.37. The predicted octanol–water partition coefficient (Wildman–Crippen LogP) is 3.37. The number of ether oxygens (including phenoxy) is 1. The Kier molecular flexibility index (Phi) is 5.02. The summed E-state index contributed by atoms with van der Waals surface area (Å²) in [6.07, 6.45) is -0.213. The van der Waals surface area contributed by atoms with Crippen molar-refractivity contribution >= 4 is 23.4 Å². The van der Waals surface area contributed by atoms with Gasteiger partial charge < -0.3 is 19.7 Å². The third kappa shape index (κ3) is 4.02. The van der Waals surface area contributed by atoms with Crippen LogP contribution in [0.25, 0.3) is 0 Å². The summed E-state index contributed by atoms with van der Waals surface area (Å²) in [6.45, 7) is 2.39. The lowest BCUT2D eigenvalue weighted by molar-refractivity contribution is -0.0354. The molecule has 27 heavy (non-hydrogen) atoms. The highest BCUT2D eigenvalue weighted by atomic mass is 19.3. The quantitative estimate of drug-likeness (QED) is 0.669. The van der Waals surface area contributed by atoms with Crippen molar-refractivity contribution in [1.82, 2.24) is 10.3 Å². The molecule has 7 nitrogen and oxygen atoms in total. The van der Waals surface area contributed by atoms with E-state index in [0.717, 1.165) is 0 Å². The van der Waals surface area contributed by atoms with Crippen molar-refractivity contribution in [2.45, 2.75) is 25.8 Å². The van der Waals surface area contributed by atoms with Crippen LogP contribution >= 0.6 is 0 Å². The average molecular weight is 379 g/mol. The summed E-state index contributed by atoms with van der Waals surface area (Å²) in [5.74, 6) is -1.13. The van der Waals surface area contributed by atoms with Gasteiger partial charge in [0.05, 0.1) is 12.1 Å². The third-order valence-electron chi connectivity index (χ3n) is 4.14. The maximum absolute atomic E-state index is 13.7. The van der Waals surface area contributed by atoms with Crippen LogP contribution in [0.2, 0.25) is 0 Å². The van der Waals surface area contributed by atoms with E-state index >= 15 is 0 Å². The first-order chi connectivity index (χ1) is 12.8. The standard InChI is InChI=1S/C18H19F2N3O4/c1-2-7-18(19,20)22-16(24)13-10-14-15(21-13)23(8-9-27-14)12-5-3-11(4-6-12)17(25)26/h3-6,10,21H,2,7-9H2,1H3,(H,22,24)(H,25,26). The van der Waals surface area contributed by atoms with E-state index in [4.69, 9.17) is 9.84 Å². The van der Waals surface area contributed by atoms with Gasteiger partial charge in [-0.25, -0.2) is 4.79 Å². The molecule has 0 bridgehead atoms. The summed E-state index contributed by atoms with van der Waals surface area (Å²) < 4.78 is 32.8. The largest absolute Gasteiger partial charge is 0.488 e. The highest BCUT2D eigenvalue weighted by Gasteiger charge is 2.32. The van der Waals surface area contributed by atoms with Crippen LogP contribution in [-0.4, -0.2) is 41.2 Å². The van der Waals surface area contributed by atoms with Gasteiger partial charge in [-0.2, -0.15) is 8.78 Å². The van der Waals surface area contributed by atoms with E-state index < -0.39 is 24.3 Å². The monoisotopic (exact) mass is 379 g/mol. The van der Waals surface area contributed by atoms with E-state index in [2.05, 4.69) is 4.98 Å². The molecule has 0 aliphatic carbocycles. The van der Waals surface area contributed by atoms with E-state index in [9.17, 15) is 18.4 Å². The number of nitrogens with one attached hydrogen (secondary N) is 2. The maximum atomic E-state index is 13.7. The molecule has 1 aromatic heterocycles. The smallest absolute Gasteiger partial charge is 0.335 e. The van der Waals surface area contributed by atoms with Crippen LogP contribution < -0.4 is 15.0 Å². The van der Waals surface area contributed by atoms with Crippen LogP contribution in [0.4, 0.5) is 20.3 Å². The first kappa shape index (κ1) is 18.7. The minimum atomic E-state index is -3.29. The number of benzene rings is 1. The van der Waals surface area contributed by atoms with Crippen molar-refractivity contribution in [3.8, 4) is 5.75 Å². The number of rotatable bonds is 6. The Bertz CT molecular complexity index is 849. The fraction of sp³-hybridized carbons (Fsp3) is 0.333. The second-order valence-electron chi connectivity index (χ2n) is 6.16. The van der Waals surface area contributed by atoms with Crippen molar-refractivity contribution in [3.05, 3.63) is 41.6 Å². The number of hydrogen-bond acceptors (Lipinski definition) is 4. The number of nitrogens with zero attached hydrogens (tertiary/aromatic N) is 1. The summed E-state index contributed by atoms with van der Waals surface area (Å²) in [5, 5.41) is 10.7. The number of carbonyl (C=O) groups is 2. The molecule has 1 aromatic carbocycles. The van der Waals surface area contributed by atoms with Crippen LogP contribution in [0.15, 0.2) is 30.3 Å². The Balaban J connectivity index is 1.84. The number of anilines is 2. The topological polar surface area (TPSA) is 94.7 Å². The zero-order valence-corrected chi connectivity index (χ0v) is 14.6. The summed E-state index contributed by atoms with van der Waals surface area (Å²) in [5.41, 5.74) is 0.802. The molecule has 144 valence electrons. The van der Waals surface area contributed by atoms with Crippen LogP contribution in [0.1, 0.15) is 40.6 Å². The molecule has 0 atom stereocenters. The molecule has 1 aliphatic heterocycles. The van der Waals surface area contributed by atoms with Crippen molar-refractivity contribution in [2.24, 2.45) is 0 Å². The fourth-order valence-electron chi connectivity index (χ4n) is 2.87. The molecule has 0 unspecified atom stereocenters. The van der Waals surface area contributed by atoms with Gasteiger partial charge in [0.25, 0.3) is 5.91 Å². The number of carboxylic acid groups (broad SMARTS) is 1. The molecule has 3 N–H and O–H groups in total. The molecule has 9 heteroatoms. The van der Waals surface area contributed by atoms with Crippen LogP contribution in [0.5, 0.6) is 5.75 Å². The first-order valence-electron chi connectivity index (χ1n) is 8.48. The lowest BCUT2D eigenvalue weighted by Crippen LogP contribution is -2.41. The van der Waals surface area contributed by atoms with Gasteiger partial charge in [-0.1, -0.05) is 6.92 Å². The van der Waals surface area contributed by atoms with Gasteiger partial charge in [-0.15, -0.1) is 0 Å². The first-order valence-corrected chi connectivity index (χ1v) is 8.48. The molecule has 2 aromatic rings. The second kappa shape index (κ2) is 7.26. The van der Waals surface area contributed by atoms with Crippen LogP contribution in [0, 0.1) is 0 Å². The summed E-state index contributed by atoms with van der Waals surface area (Å²) >= 11 is 0. The van der Waals surface area contributed by atoms with Crippen LogP contribution in [-0.2, 0) is 0 Å². The molecule has 2 heterocycles. The number of aromatic nitrogens is 1. The molecule has 0 fully saturated rings. The Morgan fingerprint density at radius 1 is 1.33 bits per heavy atom. The Morgan fingerprint density at radius 3 is 2.67 bits per heavy atom. The molecule has 0 spiro atoms. The van der Waals surface area contributed by atoms with E-state index in [1.807, 2.05) is 0 Å². The molecule has 0 radical (unpaired) electrons. The van der Waals surface area contributed by atoms with Gasteiger partial charge >= 0.3 is 12.0 Å². The van der Waals surface area contributed by atoms with Gasteiger partial charge in [0.2, 0.25) is 0 Å². The lowest BCUT2D eigenvalue weighted by atomic mass is 10.2. The number of aromatic carboxylic acids is 1. The van der Waals surface area contributed by atoms with Gasteiger partial charge in [0, 0.05) is 18.2 Å². The van der Waals surface area contributed by atoms with Gasteiger partial charge in [-0.3, -0.25) is 10.1 Å². The van der Waals surface area contributed by atoms with Crippen molar-refractivity contribution < 1.29 is 28.2 Å². The normalized spacial score (nSPS) is 13.7. The number of fused-ring (bicyclic) bond motifs is 1. The molecular formula is C18H19F2N3O4. The minimum Gasteiger partial charge on any atom is -0.488 e. The van der Waals surface area contributed by atoms with E-state index in [1.165, 1.54) is 18.2 Å². The van der Waals surface area contributed by atoms with Gasteiger partial charge in [-0.05, 0) is 30.7 Å². The van der Waals surface area contributed by atoms with Crippen molar-refractivity contribution in [2.75, 3.05) is 18.1 Å². The SMILES string of the molecule is CCCC(F)(F)NC(=O)c1cc2c([nH]1)N(c1ccc(C(=O)O)cc1)CCO2. The number of carboxylic acids is 1. The highest BCUT2D eigenvalue weighted by molar-refractivity contribution is 5.95. The van der Waals surface area contributed by atoms with Gasteiger partial charge in [0.1, 0.15) is 12.3 Å². The Labute approximate surface area is 153 Å². The minimum absolute atomic E-state index is 0.0372. The summed E-state index contributed by atoms with van der Waals surface area (Å²) in [6, 6.07) is 4.29. The van der Waals surface area contributed by atoms with E-state index in [1.54, 1.807) is 29.3 Å². The summed E-state index contributed by atoms with van der Waals surface area (Å²) in [4.78, 5) is 27.8. The lowest BCUT2D eigenvalue weighted by Gasteiger charge is -2.28. The number of amides is 1. The summed E-state index contributed by atoms with van der Waals surface area (Å²) in [7, 11) is 0. The second-order valence-corrected chi connectivity index (χ2v) is 6.16. The third-order valence-corrected chi connectivity index (χ3v) is 4.14. The zero-order chi connectivity index (χ0) is 19.6. The van der Waals surface area contributed by atoms with E-state index in [-0.39, 0.29) is 17.7 Å². The number of H-pyrrole nitrogens is 1. The molecule has 3 rings (SSSR count). The van der Waals surface area contributed by atoms with Crippen molar-refractivity contribution in [3.63, 3.8) is 0 Å². The van der Waals surface area contributed by atoms with Crippen LogP contribution in [0.3, 0.4) is 0 Å². The molecule has 1 aliphatic rings. The maximum Gasteiger partial charge on any atom is 0.335 e. The molecule has 0 saturated heterocycles. The van der Waals surface area contributed by atoms with Crippen molar-refractivity contribution in [1.29, 1.82) is 0 Å². The number of carbonyl (C=O) groups excluding carboxylic acids is 1. The number of alkyl halides is 2. The number of aromatic amines is 1. The average Bonchev–Trinajstić information content (AvgIpc) is 3.05. The Hall–Kier alpha value is -3.10. The Morgan fingerprint density at radius 2 is 2.04 bits per heavy atom. The van der Waals surface area contributed by atoms with E-state index in [0.29, 0.717) is 30.4 Å². The number of halogens is 2. The number of hydrogen-bond donors (Lipinski definition) is 3. The molecular weight excluding hydrogens is 360 g/mol. The molecule has 1 amide bonds. The molecule has 0 saturated carbocycles. The van der Waals surface area contributed by atoms with Gasteiger partial charge in [0.15, 0.2) is 11.6 Å². The zero-order valence-electron chi connectivity index (χ0n) is 14.6.